The number of carbonyl (C=O) groups is 1. The van der Waals surface area contributed by atoms with Crippen molar-refractivity contribution < 1.29 is 9.53 Å². The number of nitrogens with zero attached hydrogens (tertiary/aromatic N) is 2. The fourth-order valence-electron chi connectivity index (χ4n) is 2.02. The zero-order chi connectivity index (χ0) is 13.7. The number of aryl methyl sites for hydroxylation is 1. The molecule has 0 aromatic carbocycles. The summed E-state index contributed by atoms with van der Waals surface area (Å²) in [5, 5.41) is 9.43. The summed E-state index contributed by atoms with van der Waals surface area (Å²) in [6.45, 7) is 6.93. The van der Waals surface area contributed by atoms with Crippen molar-refractivity contribution in [2.24, 2.45) is 0 Å². The molecule has 1 aliphatic rings. The van der Waals surface area contributed by atoms with Crippen LogP contribution in [-0.4, -0.2) is 60.4 Å². The van der Waals surface area contributed by atoms with E-state index in [1.807, 2.05) is 0 Å². The maximum absolute atomic E-state index is 11.8. The Bertz CT molecular complexity index is 426. The monoisotopic (exact) mass is 267 g/mol. The number of nitrogen functional groups attached to an aromatic ring is 1. The van der Waals surface area contributed by atoms with E-state index in [4.69, 9.17) is 10.5 Å². The summed E-state index contributed by atoms with van der Waals surface area (Å²) >= 11 is 0. The number of hydrogen-bond donors (Lipinski definition) is 3. The molecular formula is C12H21N5O2. The van der Waals surface area contributed by atoms with E-state index in [9.17, 15) is 4.79 Å². The third-order valence-electron chi connectivity index (χ3n) is 3.25. The zero-order valence-electron chi connectivity index (χ0n) is 11.2. The Morgan fingerprint density at radius 3 is 2.89 bits per heavy atom. The molecule has 0 radical (unpaired) electrons. The van der Waals surface area contributed by atoms with Gasteiger partial charge in [-0.3, -0.25) is 14.8 Å². The van der Waals surface area contributed by atoms with Gasteiger partial charge in [0, 0.05) is 19.6 Å². The van der Waals surface area contributed by atoms with E-state index in [1.54, 1.807) is 6.92 Å². The maximum Gasteiger partial charge on any atom is 0.273 e. The van der Waals surface area contributed by atoms with E-state index < -0.39 is 0 Å². The highest BCUT2D eigenvalue weighted by Crippen LogP contribution is 2.11. The molecule has 0 spiro atoms. The highest BCUT2D eigenvalue weighted by molar-refractivity contribution is 5.97. The molecule has 7 heteroatoms. The number of H-pyrrole nitrogens is 1. The average molecular weight is 267 g/mol. The molecule has 0 bridgehead atoms. The van der Waals surface area contributed by atoms with Crippen LogP contribution in [0, 0.1) is 6.92 Å². The number of anilines is 1. The van der Waals surface area contributed by atoms with Crippen LogP contribution >= 0.6 is 0 Å². The van der Waals surface area contributed by atoms with Crippen molar-refractivity contribution >= 4 is 11.6 Å². The van der Waals surface area contributed by atoms with Crippen molar-refractivity contribution in [1.82, 2.24) is 20.4 Å². The van der Waals surface area contributed by atoms with E-state index in [0.717, 1.165) is 45.0 Å². The number of aromatic nitrogens is 2. The number of carbonyl (C=O) groups excluding carboxylic acids is 1. The molecule has 1 amide bonds. The van der Waals surface area contributed by atoms with Gasteiger partial charge in [-0.1, -0.05) is 0 Å². The van der Waals surface area contributed by atoms with Crippen LogP contribution in [0.2, 0.25) is 0 Å². The molecule has 2 rings (SSSR count). The molecule has 2 heterocycles. The maximum atomic E-state index is 11.8. The van der Waals surface area contributed by atoms with Crippen molar-refractivity contribution in [2.75, 3.05) is 45.1 Å². The van der Waals surface area contributed by atoms with Gasteiger partial charge in [0.1, 0.15) is 0 Å². The first-order valence-corrected chi connectivity index (χ1v) is 6.57. The van der Waals surface area contributed by atoms with Crippen LogP contribution in [0.5, 0.6) is 0 Å². The Hall–Kier alpha value is -1.60. The summed E-state index contributed by atoms with van der Waals surface area (Å²) in [7, 11) is 0. The van der Waals surface area contributed by atoms with Gasteiger partial charge in [0.15, 0.2) is 5.69 Å². The van der Waals surface area contributed by atoms with Crippen LogP contribution in [-0.2, 0) is 4.74 Å². The summed E-state index contributed by atoms with van der Waals surface area (Å²) < 4.78 is 5.28. The normalized spacial score (nSPS) is 16.5. The smallest absolute Gasteiger partial charge is 0.273 e. The van der Waals surface area contributed by atoms with Crippen molar-refractivity contribution in [3.8, 4) is 0 Å². The number of nitrogens with two attached hydrogens (primary N) is 1. The molecular weight excluding hydrogens is 246 g/mol. The van der Waals surface area contributed by atoms with Crippen molar-refractivity contribution in [1.29, 1.82) is 0 Å². The van der Waals surface area contributed by atoms with Crippen LogP contribution in [0.15, 0.2) is 0 Å². The van der Waals surface area contributed by atoms with Gasteiger partial charge in [0.05, 0.1) is 24.6 Å². The van der Waals surface area contributed by atoms with Gasteiger partial charge in [-0.2, -0.15) is 5.10 Å². The van der Waals surface area contributed by atoms with Crippen LogP contribution in [0.1, 0.15) is 22.6 Å². The number of hydrogen-bond acceptors (Lipinski definition) is 5. The summed E-state index contributed by atoms with van der Waals surface area (Å²) in [6.07, 6.45) is 0.912. The topological polar surface area (TPSA) is 96.3 Å². The lowest BCUT2D eigenvalue weighted by Gasteiger charge is -2.26. The Morgan fingerprint density at radius 2 is 2.26 bits per heavy atom. The van der Waals surface area contributed by atoms with Gasteiger partial charge in [-0.25, -0.2) is 0 Å². The van der Waals surface area contributed by atoms with E-state index in [1.165, 1.54) is 0 Å². The van der Waals surface area contributed by atoms with E-state index in [2.05, 4.69) is 20.4 Å². The Labute approximate surface area is 112 Å². The fraction of sp³-hybridized carbons (Fsp3) is 0.667. The standard InChI is InChI=1S/C12H21N5O2/c1-9-10(13)11(16-15-9)12(18)14-3-2-4-17-5-7-19-8-6-17/h2-8,13H2,1H3,(H,14,18)(H,15,16). The van der Waals surface area contributed by atoms with Crippen LogP contribution in [0.4, 0.5) is 5.69 Å². The number of rotatable bonds is 5. The first-order chi connectivity index (χ1) is 9.18. The molecule has 1 saturated heterocycles. The van der Waals surface area contributed by atoms with Crippen LogP contribution in [0.25, 0.3) is 0 Å². The third kappa shape index (κ3) is 3.68. The lowest BCUT2D eigenvalue weighted by atomic mass is 10.3. The van der Waals surface area contributed by atoms with Crippen molar-refractivity contribution in [3.63, 3.8) is 0 Å². The van der Waals surface area contributed by atoms with Gasteiger partial charge < -0.3 is 15.8 Å². The van der Waals surface area contributed by atoms with Crippen LogP contribution in [0.3, 0.4) is 0 Å². The van der Waals surface area contributed by atoms with Gasteiger partial charge in [0.2, 0.25) is 0 Å². The molecule has 106 valence electrons. The summed E-state index contributed by atoms with van der Waals surface area (Å²) in [4.78, 5) is 14.2. The molecule has 1 aliphatic heterocycles. The molecule has 1 fully saturated rings. The van der Waals surface area contributed by atoms with Gasteiger partial charge in [0.25, 0.3) is 5.91 Å². The van der Waals surface area contributed by atoms with Gasteiger partial charge >= 0.3 is 0 Å². The van der Waals surface area contributed by atoms with Crippen molar-refractivity contribution in [2.45, 2.75) is 13.3 Å². The Balaban J connectivity index is 1.68. The fourth-order valence-corrected chi connectivity index (χ4v) is 2.02. The first-order valence-electron chi connectivity index (χ1n) is 6.57. The van der Waals surface area contributed by atoms with Crippen molar-refractivity contribution in [3.05, 3.63) is 11.4 Å². The zero-order valence-corrected chi connectivity index (χ0v) is 11.2. The van der Waals surface area contributed by atoms with E-state index in [-0.39, 0.29) is 11.6 Å². The number of ether oxygens (including phenoxy) is 1. The average Bonchev–Trinajstić information content (AvgIpc) is 2.76. The number of nitrogens with one attached hydrogen (secondary N) is 2. The molecule has 0 aliphatic carbocycles. The molecule has 0 atom stereocenters. The predicted octanol–water partition coefficient (Wildman–Crippen LogP) is -0.248. The number of aromatic amines is 1. The van der Waals surface area contributed by atoms with E-state index >= 15 is 0 Å². The Kier molecular flexibility index (Phi) is 4.75. The largest absolute Gasteiger partial charge is 0.395 e. The molecule has 4 N–H and O–H groups in total. The minimum Gasteiger partial charge on any atom is -0.395 e. The Morgan fingerprint density at radius 1 is 1.53 bits per heavy atom. The quantitative estimate of drug-likeness (QED) is 0.639. The first kappa shape index (κ1) is 13.8. The second-order valence-electron chi connectivity index (χ2n) is 4.67. The SMILES string of the molecule is Cc1[nH]nc(C(=O)NCCCN2CCOCC2)c1N. The van der Waals surface area contributed by atoms with Gasteiger partial charge in [-0.05, 0) is 19.9 Å². The molecule has 1 aromatic rings. The van der Waals surface area contributed by atoms with Gasteiger partial charge in [-0.15, -0.1) is 0 Å². The summed E-state index contributed by atoms with van der Waals surface area (Å²) in [6, 6.07) is 0. The summed E-state index contributed by atoms with van der Waals surface area (Å²) in [5.74, 6) is -0.219. The minimum absolute atomic E-state index is 0.219. The van der Waals surface area contributed by atoms with E-state index in [0.29, 0.717) is 12.2 Å². The highest BCUT2D eigenvalue weighted by Gasteiger charge is 2.15. The molecule has 7 nitrogen and oxygen atoms in total. The lowest BCUT2D eigenvalue weighted by Crippen LogP contribution is -2.38. The molecule has 1 aromatic heterocycles. The number of amides is 1. The predicted molar refractivity (Wildman–Crippen MR) is 71.9 cm³/mol. The second-order valence-corrected chi connectivity index (χ2v) is 4.67. The highest BCUT2D eigenvalue weighted by atomic mass is 16.5. The summed E-state index contributed by atoms with van der Waals surface area (Å²) in [5.41, 5.74) is 7.17. The lowest BCUT2D eigenvalue weighted by molar-refractivity contribution is 0.0374. The third-order valence-corrected chi connectivity index (χ3v) is 3.25. The second kappa shape index (κ2) is 6.53. The number of morpholine rings is 1. The molecule has 0 saturated carbocycles. The van der Waals surface area contributed by atoms with Crippen LogP contribution < -0.4 is 11.1 Å². The molecule has 0 unspecified atom stereocenters. The minimum atomic E-state index is -0.219. The molecule has 19 heavy (non-hydrogen) atoms.